The topological polar surface area (TPSA) is 28.2 Å². The molecule has 2 atom stereocenters. The first kappa shape index (κ1) is 14.3. The smallest absolute Gasteiger partial charge is 0.125 e. The van der Waals surface area contributed by atoms with Gasteiger partial charge in [-0.05, 0) is 36.3 Å². The molecular weight excluding hydrogens is 234 g/mol. The Labute approximate surface area is 117 Å². The molecule has 0 spiro atoms. The maximum absolute atomic E-state index is 4.48. The first-order valence-corrected chi connectivity index (χ1v) is 7.58. The molecule has 0 aliphatic carbocycles. The average molecular weight is 261 g/mol. The number of rotatable bonds is 5. The van der Waals surface area contributed by atoms with Crippen molar-refractivity contribution >= 4 is 5.82 Å². The molecule has 0 saturated carbocycles. The average Bonchev–Trinajstić information content (AvgIpc) is 2.37. The van der Waals surface area contributed by atoms with E-state index in [9.17, 15) is 0 Å². The summed E-state index contributed by atoms with van der Waals surface area (Å²) in [7, 11) is 0. The highest BCUT2D eigenvalue weighted by molar-refractivity contribution is 5.35. The Hall–Kier alpha value is -1.09. The van der Waals surface area contributed by atoms with Crippen molar-refractivity contribution in [1.82, 2.24) is 9.88 Å². The zero-order valence-electron chi connectivity index (χ0n) is 12.5. The molecule has 1 aliphatic rings. The Morgan fingerprint density at radius 1 is 1.26 bits per heavy atom. The van der Waals surface area contributed by atoms with Gasteiger partial charge in [0, 0.05) is 32.4 Å². The third-order valence-electron chi connectivity index (χ3n) is 3.73. The molecule has 1 fully saturated rings. The van der Waals surface area contributed by atoms with Crippen molar-refractivity contribution < 1.29 is 0 Å². The first-order chi connectivity index (χ1) is 9.17. The fourth-order valence-corrected chi connectivity index (χ4v) is 3.05. The Bertz CT molecular complexity index is 364. The van der Waals surface area contributed by atoms with Gasteiger partial charge in [0.25, 0.3) is 0 Å². The minimum Gasteiger partial charge on any atom is -0.370 e. The summed E-state index contributed by atoms with van der Waals surface area (Å²) in [6.45, 7) is 11.4. The minimum atomic E-state index is 0.821. The quantitative estimate of drug-likeness (QED) is 0.880. The van der Waals surface area contributed by atoms with Gasteiger partial charge in [-0.2, -0.15) is 0 Å². The van der Waals surface area contributed by atoms with Crippen LogP contribution in [0.15, 0.2) is 18.3 Å². The molecule has 0 radical (unpaired) electrons. The van der Waals surface area contributed by atoms with Gasteiger partial charge in [-0.1, -0.05) is 26.8 Å². The van der Waals surface area contributed by atoms with Gasteiger partial charge >= 0.3 is 0 Å². The van der Waals surface area contributed by atoms with Crippen LogP contribution in [0.2, 0.25) is 0 Å². The number of piperidine rings is 1. The molecule has 2 rings (SSSR count). The molecule has 1 aromatic rings. The van der Waals surface area contributed by atoms with Crippen molar-refractivity contribution in [3.8, 4) is 0 Å². The van der Waals surface area contributed by atoms with Crippen LogP contribution in [0, 0.1) is 11.8 Å². The molecule has 0 aromatic carbocycles. The van der Waals surface area contributed by atoms with Crippen LogP contribution in [0.25, 0.3) is 0 Å². The highest BCUT2D eigenvalue weighted by Gasteiger charge is 2.21. The lowest BCUT2D eigenvalue weighted by molar-refractivity contribution is 0.134. The SMILES string of the molecule is CCCNc1ccc(CN2CC(C)CC(C)C2)cn1. The molecule has 3 heteroatoms. The monoisotopic (exact) mass is 261 g/mol. The zero-order chi connectivity index (χ0) is 13.7. The van der Waals surface area contributed by atoms with Crippen LogP contribution < -0.4 is 5.32 Å². The second-order valence-electron chi connectivity index (χ2n) is 6.12. The highest BCUT2D eigenvalue weighted by Crippen LogP contribution is 2.22. The summed E-state index contributed by atoms with van der Waals surface area (Å²) in [5, 5.41) is 3.31. The number of pyridine rings is 1. The number of hydrogen-bond donors (Lipinski definition) is 1. The second kappa shape index (κ2) is 6.90. The van der Waals surface area contributed by atoms with Crippen LogP contribution in [0.1, 0.15) is 39.2 Å². The number of anilines is 1. The molecule has 1 aromatic heterocycles. The standard InChI is InChI=1S/C16H27N3/c1-4-7-17-16-6-5-15(9-18-16)12-19-10-13(2)8-14(3)11-19/h5-6,9,13-14H,4,7-8,10-12H2,1-3H3,(H,17,18). The van der Waals surface area contributed by atoms with E-state index in [1.165, 1.54) is 25.1 Å². The van der Waals surface area contributed by atoms with Crippen LogP contribution in [0.5, 0.6) is 0 Å². The van der Waals surface area contributed by atoms with Crippen molar-refractivity contribution in [3.63, 3.8) is 0 Å². The predicted molar refractivity (Wildman–Crippen MR) is 81.2 cm³/mol. The lowest BCUT2D eigenvalue weighted by atomic mass is 9.92. The molecule has 1 N–H and O–H groups in total. The summed E-state index contributed by atoms with van der Waals surface area (Å²) in [5.74, 6) is 2.63. The van der Waals surface area contributed by atoms with E-state index in [0.717, 1.165) is 37.2 Å². The summed E-state index contributed by atoms with van der Waals surface area (Å²) < 4.78 is 0. The number of nitrogens with one attached hydrogen (secondary N) is 1. The fourth-order valence-electron chi connectivity index (χ4n) is 3.05. The van der Waals surface area contributed by atoms with Gasteiger partial charge in [-0.3, -0.25) is 4.90 Å². The van der Waals surface area contributed by atoms with Crippen LogP contribution in [-0.4, -0.2) is 29.5 Å². The molecule has 0 amide bonds. The summed E-state index contributed by atoms with van der Waals surface area (Å²) >= 11 is 0. The number of hydrogen-bond acceptors (Lipinski definition) is 3. The second-order valence-corrected chi connectivity index (χ2v) is 6.12. The molecule has 3 nitrogen and oxygen atoms in total. The van der Waals surface area contributed by atoms with Crippen LogP contribution >= 0.6 is 0 Å². The van der Waals surface area contributed by atoms with E-state index in [1.54, 1.807) is 0 Å². The lowest BCUT2D eigenvalue weighted by Crippen LogP contribution is -2.38. The summed E-state index contributed by atoms with van der Waals surface area (Å²) in [6, 6.07) is 4.30. The van der Waals surface area contributed by atoms with Gasteiger partial charge in [-0.15, -0.1) is 0 Å². The molecular formula is C16H27N3. The zero-order valence-corrected chi connectivity index (χ0v) is 12.5. The molecule has 19 heavy (non-hydrogen) atoms. The molecule has 0 bridgehead atoms. The minimum absolute atomic E-state index is 0.821. The van der Waals surface area contributed by atoms with Crippen LogP contribution in [-0.2, 0) is 6.54 Å². The lowest BCUT2D eigenvalue weighted by Gasteiger charge is -2.34. The van der Waals surface area contributed by atoms with E-state index >= 15 is 0 Å². The third-order valence-corrected chi connectivity index (χ3v) is 3.73. The van der Waals surface area contributed by atoms with Gasteiger partial charge in [0.05, 0.1) is 0 Å². The molecule has 2 unspecified atom stereocenters. The maximum Gasteiger partial charge on any atom is 0.125 e. The Kier molecular flexibility index (Phi) is 5.20. The van der Waals surface area contributed by atoms with Crippen molar-refractivity contribution in [3.05, 3.63) is 23.9 Å². The van der Waals surface area contributed by atoms with E-state index in [1.807, 2.05) is 6.20 Å². The summed E-state index contributed by atoms with van der Waals surface area (Å²) in [6.07, 6.45) is 4.52. The van der Waals surface area contributed by atoms with E-state index in [2.05, 4.69) is 48.1 Å². The summed E-state index contributed by atoms with van der Waals surface area (Å²) in [5.41, 5.74) is 1.32. The summed E-state index contributed by atoms with van der Waals surface area (Å²) in [4.78, 5) is 7.05. The third kappa shape index (κ3) is 4.50. The van der Waals surface area contributed by atoms with E-state index in [0.29, 0.717) is 0 Å². The normalized spacial score (nSPS) is 24.4. The van der Waals surface area contributed by atoms with E-state index in [-0.39, 0.29) is 0 Å². The fraction of sp³-hybridized carbons (Fsp3) is 0.688. The molecule has 2 heterocycles. The van der Waals surface area contributed by atoms with E-state index in [4.69, 9.17) is 0 Å². The highest BCUT2D eigenvalue weighted by atomic mass is 15.1. The van der Waals surface area contributed by atoms with Gasteiger partial charge in [0.1, 0.15) is 5.82 Å². The van der Waals surface area contributed by atoms with E-state index < -0.39 is 0 Å². The Morgan fingerprint density at radius 2 is 2.00 bits per heavy atom. The van der Waals surface area contributed by atoms with Crippen molar-refractivity contribution in [2.75, 3.05) is 25.0 Å². The Balaban J connectivity index is 1.88. The van der Waals surface area contributed by atoms with Crippen LogP contribution in [0.3, 0.4) is 0 Å². The number of likely N-dealkylation sites (tertiary alicyclic amines) is 1. The Morgan fingerprint density at radius 3 is 2.58 bits per heavy atom. The molecule has 1 saturated heterocycles. The van der Waals surface area contributed by atoms with Gasteiger partial charge in [0.15, 0.2) is 0 Å². The van der Waals surface area contributed by atoms with Gasteiger partial charge < -0.3 is 5.32 Å². The largest absolute Gasteiger partial charge is 0.370 e. The maximum atomic E-state index is 4.48. The number of nitrogens with zero attached hydrogens (tertiary/aromatic N) is 2. The van der Waals surface area contributed by atoms with Gasteiger partial charge in [-0.25, -0.2) is 4.98 Å². The number of aromatic nitrogens is 1. The van der Waals surface area contributed by atoms with Crippen molar-refractivity contribution in [2.45, 2.75) is 40.2 Å². The molecule has 1 aliphatic heterocycles. The van der Waals surface area contributed by atoms with Crippen molar-refractivity contribution in [2.24, 2.45) is 11.8 Å². The van der Waals surface area contributed by atoms with Gasteiger partial charge in [0.2, 0.25) is 0 Å². The molecule has 106 valence electrons. The van der Waals surface area contributed by atoms with Crippen molar-refractivity contribution in [1.29, 1.82) is 0 Å². The van der Waals surface area contributed by atoms with Crippen LogP contribution in [0.4, 0.5) is 5.82 Å². The predicted octanol–water partition coefficient (Wildman–Crippen LogP) is 3.38. The first-order valence-electron chi connectivity index (χ1n) is 7.58.